The molecule has 0 N–H and O–H groups in total. The summed E-state index contributed by atoms with van der Waals surface area (Å²) in [4.78, 5) is 4.67. The van der Waals surface area contributed by atoms with Gasteiger partial charge < -0.3 is 27.5 Å². The fourth-order valence-electron chi connectivity index (χ4n) is 17.9. The molecule has 124 heavy (non-hydrogen) atoms. The van der Waals surface area contributed by atoms with Gasteiger partial charge in [-0.05, 0) is 263 Å². The molecule has 0 saturated carbocycles. The van der Waals surface area contributed by atoms with Crippen molar-refractivity contribution in [2.75, 3.05) is 9.80 Å². The predicted molar refractivity (Wildman–Crippen MR) is 518 cm³/mol. The van der Waals surface area contributed by atoms with E-state index in [1.807, 2.05) is 48.5 Å². The highest BCUT2D eigenvalue weighted by Gasteiger charge is 2.20. The largest absolute Gasteiger partial charge is 0.456 e. The molecule has 0 atom stereocenters. The van der Waals surface area contributed by atoms with Crippen molar-refractivity contribution in [3.05, 3.63) is 461 Å². The van der Waals surface area contributed by atoms with Gasteiger partial charge in [0, 0.05) is 77.2 Å². The van der Waals surface area contributed by atoms with E-state index in [2.05, 4.69) is 422 Å². The molecule has 0 amide bonds. The molecule has 0 radical (unpaired) electrons. The van der Waals surface area contributed by atoms with Crippen molar-refractivity contribution in [1.82, 2.24) is 0 Å². The third-order valence-corrected chi connectivity index (χ3v) is 24.4. The summed E-state index contributed by atoms with van der Waals surface area (Å²) in [7, 11) is 0. The standard InChI is InChI=1S/C60H39NO2.C58H37NO2/c1-2-8-40(9-3-1)41-14-16-42(17-15-41)43-18-20-44(21-19-43)45-22-30-50(31-23-45)61(51-32-24-46(25-33-51)48-28-36-59-55(38-48)53-10-4-6-12-57(53)62-59)52-34-26-47(27-35-52)49-29-37-60-56(39-49)54-11-5-7-13-58(54)63-60;1-2-8-44-35-45(18-17-38(44)7-1)41-15-13-39(14-16-41)40-19-27-48(28-20-40)59(49-29-21-42(22-30-49)46-25-33-57-53(36-46)51-9-3-5-11-55(51)60-57)50-31-23-43(24-32-50)47-26-34-58-54(37-47)52-10-4-6-12-56(52)61-58/h1-39H;1-37H. The summed E-state index contributed by atoms with van der Waals surface area (Å²) >= 11 is 0. The van der Waals surface area contributed by atoms with Crippen LogP contribution in [0.25, 0.3) is 199 Å². The molecule has 24 aromatic rings. The molecule has 4 heterocycles. The number of anilines is 6. The van der Waals surface area contributed by atoms with Crippen LogP contribution in [-0.2, 0) is 0 Å². The van der Waals surface area contributed by atoms with Crippen LogP contribution in [0.4, 0.5) is 34.1 Å². The highest BCUT2D eigenvalue weighted by molar-refractivity contribution is 6.10. The second-order valence-corrected chi connectivity index (χ2v) is 31.8. The van der Waals surface area contributed by atoms with Crippen molar-refractivity contribution in [1.29, 1.82) is 0 Å². The van der Waals surface area contributed by atoms with Crippen LogP contribution in [0.5, 0.6) is 0 Å². The van der Waals surface area contributed by atoms with Crippen LogP contribution in [0.1, 0.15) is 0 Å². The summed E-state index contributed by atoms with van der Waals surface area (Å²) < 4.78 is 24.5. The van der Waals surface area contributed by atoms with E-state index in [0.717, 1.165) is 166 Å². The molecule has 0 aliphatic heterocycles. The average Bonchev–Trinajstić information content (AvgIpc) is 1.76. The number of para-hydroxylation sites is 4. The first kappa shape index (κ1) is 72.7. The van der Waals surface area contributed by atoms with Gasteiger partial charge in [0.05, 0.1) is 0 Å². The predicted octanol–water partition coefficient (Wildman–Crippen LogP) is 34.1. The van der Waals surface area contributed by atoms with Crippen LogP contribution >= 0.6 is 0 Å². The number of fused-ring (bicyclic) bond motifs is 13. The number of nitrogens with zero attached hydrogens (tertiary/aromatic N) is 2. The fourth-order valence-corrected chi connectivity index (χ4v) is 17.9. The molecule has 6 heteroatoms. The number of benzene rings is 20. The number of furan rings is 4. The van der Waals surface area contributed by atoms with Crippen LogP contribution < -0.4 is 9.80 Å². The Labute approximate surface area is 716 Å². The normalized spacial score (nSPS) is 11.5. The summed E-state index contributed by atoms with van der Waals surface area (Å²) in [5, 5.41) is 11.5. The van der Waals surface area contributed by atoms with Crippen molar-refractivity contribution in [3.8, 4) is 100 Å². The van der Waals surface area contributed by atoms with Crippen molar-refractivity contribution in [2.24, 2.45) is 0 Å². The van der Waals surface area contributed by atoms with Crippen LogP contribution in [0.2, 0.25) is 0 Å². The summed E-state index contributed by atoms with van der Waals surface area (Å²) in [5.74, 6) is 0. The monoisotopic (exact) mass is 1580 g/mol. The molecule has 24 rings (SSSR count). The Kier molecular flexibility index (Phi) is 18.2. The smallest absolute Gasteiger partial charge is 0.135 e. The zero-order chi connectivity index (χ0) is 82.0. The van der Waals surface area contributed by atoms with Gasteiger partial charge >= 0.3 is 0 Å². The van der Waals surface area contributed by atoms with Gasteiger partial charge in [0.2, 0.25) is 0 Å². The minimum atomic E-state index is 0.900. The highest BCUT2D eigenvalue weighted by Crippen LogP contribution is 2.45. The molecule has 0 spiro atoms. The molecule has 582 valence electrons. The van der Waals surface area contributed by atoms with E-state index in [4.69, 9.17) is 17.7 Å². The Morgan fingerprint density at radius 3 is 0.556 bits per heavy atom. The molecule has 6 nitrogen and oxygen atoms in total. The molecule has 0 unspecified atom stereocenters. The number of rotatable bonds is 15. The van der Waals surface area contributed by atoms with Crippen LogP contribution in [0.3, 0.4) is 0 Å². The van der Waals surface area contributed by atoms with E-state index in [-0.39, 0.29) is 0 Å². The van der Waals surface area contributed by atoms with Gasteiger partial charge in [-0.2, -0.15) is 0 Å². The van der Waals surface area contributed by atoms with Gasteiger partial charge in [-0.1, -0.05) is 309 Å². The fraction of sp³-hybridized carbons (Fsp3) is 0. The Hall–Kier alpha value is -16.5. The first-order valence-electron chi connectivity index (χ1n) is 42.1. The van der Waals surface area contributed by atoms with E-state index in [1.165, 1.54) is 66.4 Å². The summed E-state index contributed by atoms with van der Waals surface area (Å²) in [6.07, 6.45) is 0. The van der Waals surface area contributed by atoms with Gasteiger partial charge in [-0.25, -0.2) is 0 Å². The Balaban J connectivity index is 0.000000143. The van der Waals surface area contributed by atoms with Gasteiger partial charge in [-0.3, -0.25) is 0 Å². The van der Waals surface area contributed by atoms with E-state index in [1.54, 1.807) is 0 Å². The Morgan fingerprint density at radius 1 is 0.113 bits per heavy atom. The molecule has 0 fully saturated rings. The van der Waals surface area contributed by atoms with Gasteiger partial charge in [0.25, 0.3) is 0 Å². The van der Waals surface area contributed by atoms with Crippen molar-refractivity contribution >= 4 is 133 Å². The van der Waals surface area contributed by atoms with E-state index >= 15 is 0 Å². The maximum atomic E-state index is 6.13. The molecule has 0 aliphatic rings. The first-order chi connectivity index (χ1) is 61.4. The summed E-state index contributed by atoms with van der Waals surface area (Å²) in [6, 6.07) is 164. The second kappa shape index (κ2) is 31.0. The van der Waals surface area contributed by atoms with Gasteiger partial charge in [0.1, 0.15) is 44.7 Å². The maximum absolute atomic E-state index is 6.13. The van der Waals surface area contributed by atoms with Crippen LogP contribution in [0, 0.1) is 0 Å². The molecular weight excluding hydrogens is 1510 g/mol. The summed E-state index contributed by atoms with van der Waals surface area (Å²) in [5.41, 5.74) is 34.9. The average molecular weight is 1590 g/mol. The lowest BCUT2D eigenvalue weighted by Crippen LogP contribution is -2.09. The van der Waals surface area contributed by atoms with E-state index in [9.17, 15) is 0 Å². The van der Waals surface area contributed by atoms with Crippen molar-refractivity contribution < 1.29 is 17.7 Å². The lowest BCUT2D eigenvalue weighted by Gasteiger charge is -2.26. The third kappa shape index (κ3) is 13.7. The number of hydrogen-bond donors (Lipinski definition) is 0. The maximum Gasteiger partial charge on any atom is 0.135 e. The van der Waals surface area contributed by atoms with E-state index in [0.29, 0.717) is 0 Å². The molecule has 0 aliphatic carbocycles. The zero-order valence-electron chi connectivity index (χ0n) is 67.4. The van der Waals surface area contributed by atoms with Crippen LogP contribution in [0.15, 0.2) is 479 Å². The molecule has 0 saturated heterocycles. The second-order valence-electron chi connectivity index (χ2n) is 31.8. The minimum absolute atomic E-state index is 0.900. The van der Waals surface area contributed by atoms with Crippen LogP contribution in [-0.4, -0.2) is 0 Å². The Morgan fingerprint density at radius 2 is 0.290 bits per heavy atom. The van der Waals surface area contributed by atoms with Gasteiger partial charge in [0.15, 0.2) is 0 Å². The molecule has 4 aromatic heterocycles. The number of hydrogen-bond acceptors (Lipinski definition) is 6. The molecule has 20 aromatic carbocycles. The van der Waals surface area contributed by atoms with Crippen molar-refractivity contribution in [2.45, 2.75) is 0 Å². The lowest BCUT2D eigenvalue weighted by atomic mass is 9.98. The minimum Gasteiger partial charge on any atom is -0.456 e. The van der Waals surface area contributed by atoms with Gasteiger partial charge in [-0.15, -0.1) is 0 Å². The first-order valence-corrected chi connectivity index (χ1v) is 42.1. The quantitative estimate of drug-likeness (QED) is 0.102. The third-order valence-electron chi connectivity index (χ3n) is 24.4. The SMILES string of the molecule is c1ccc(-c2ccc(-c3ccc(-c4ccc(N(c5ccc(-c6ccc7oc8ccccc8c7c6)cc5)c5ccc(-c6ccc7oc8ccccc8c7c6)cc5)cc4)cc3)cc2)cc1.c1ccc2cc(-c3ccc(-c4ccc(N(c5ccc(-c6ccc7oc8ccccc8c7c6)cc5)c5ccc(-c6ccc7oc8ccccc8c7c6)cc5)cc4)cc3)ccc2c1. The zero-order valence-corrected chi connectivity index (χ0v) is 67.4. The van der Waals surface area contributed by atoms with E-state index < -0.39 is 0 Å². The highest BCUT2D eigenvalue weighted by atomic mass is 16.3. The molecule has 0 bridgehead atoms. The summed E-state index contributed by atoms with van der Waals surface area (Å²) in [6.45, 7) is 0. The topological polar surface area (TPSA) is 59.0 Å². The van der Waals surface area contributed by atoms with Crippen molar-refractivity contribution in [3.63, 3.8) is 0 Å². The lowest BCUT2D eigenvalue weighted by molar-refractivity contribution is 0.668. The molecular formula is C118H76N2O4. The Bertz CT molecular complexity index is 7770.